The van der Waals surface area contributed by atoms with Crippen molar-refractivity contribution in [1.82, 2.24) is 24.6 Å². The molecule has 0 saturated carbocycles. The van der Waals surface area contributed by atoms with Crippen LogP contribution in [0.2, 0.25) is 0 Å². The Hall–Kier alpha value is -2.25. The summed E-state index contributed by atoms with van der Waals surface area (Å²) in [7, 11) is 2.00. The first kappa shape index (κ1) is 16.2. The van der Waals surface area contributed by atoms with Gasteiger partial charge in [0.1, 0.15) is 0 Å². The second-order valence-electron chi connectivity index (χ2n) is 7.07. The average molecular weight is 341 g/mol. The maximum atomic E-state index is 12.7. The van der Waals surface area contributed by atoms with E-state index in [2.05, 4.69) is 19.7 Å². The van der Waals surface area contributed by atoms with Crippen LogP contribution in [0.1, 0.15) is 40.0 Å². The van der Waals surface area contributed by atoms with Gasteiger partial charge >= 0.3 is 0 Å². The van der Waals surface area contributed by atoms with Crippen LogP contribution in [-0.4, -0.2) is 61.8 Å². The van der Waals surface area contributed by atoms with Gasteiger partial charge in [-0.15, -0.1) is 10.2 Å². The first-order valence-electron chi connectivity index (χ1n) is 8.69. The third kappa shape index (κ3) is 2.94. The number of fused-ring (bicyclic) bond motifs is 1. The monoisotopic (exact) mass is 341 g/mol. The summed E-state index contributed by atoms with van der Waals surface area (Å²) in [6.07, 6.45) is 0.367. The lowest BCUT2D eigenvalue weighted by atomic mass is 10.1. The van der Waals surface area contributed by atoms with Crippen LogP contribution < -0.4 is 0 Å². The van der Waals surface area contributed by atoms with Crippen LogP contribution in [0.4, 0.5) is 0 Å². The molecule has 0 bridgehead atoms. The summed E-state index contributed by atoms with van der Waals surface area (Å²) < 4.78 is 2.11. The second kappa shape index (κ2) is 6.24. The molecule has 1 aromatic carbocycles. The molecule has 132 valence electrons. The Morgan fingerprint density at radius 3 is 2.84 bits per heavy atom. The molecule has 2 aromatic rings. The topological polar surface area (TPSA) is 74.5 Å². The number of aryl methyl sites for hydroxylation is 1. The molecule has 1 amide bonds. The number of likely N-dealkylation sites (N-methyl/N-ethyl adjacent to an activating group) is 1. The van der Waals surface area contributed by atoms with Crippen molar-refractivity contribution in [2.24, 2.45) is 0 Å². The molecule has 1 fully saturated rings. The van der Waals surface area contributed by atoms with Crippen LogP contribution in [0.15, 0.2) is 24.3 Å². The Kier molecular flexibility index (Phi) is 4.05. The third-order valence-electron chi connectivity index (χ3n) is 5.16. The molecule has 0 spiro atoms. The lowest BCUT2D eigenvalue weighted by Gasteiger charge is -2.29. The molecular weight excluding hydrogens is 318 g/mol. The van der Waals surface area contributed by atoms with Crippen LogP contribution in [0.25, 0.3) is 0 Å². The summed E-state index contributed by atoms with van der Waals surface area (Å²) >= 11 is 0. The quantitative estimate of drug-likeness (QED) is 0.881. The minimum absolute atomic E-state index is 0.0351. The lowest BCUT2D eigenvalue weighted by molar-refractivity contribution is 0.0705. The minimum Gasteiger partial charge on any atom is -0.392 e. The second-order valence-corrected chi connectivity index (χ2v) is 7.07. The van der Waals surface area contributed by atoms with Crippen LogP contribution in [0.5, 0.6) is 0 Å². The molecule has 0 aliphatic carbocycles. The zero-order chi connectivity index (χ0) is 17.6. The molecule has 7 nitrogen and oxygen atoms in total. The van der Waals surface area contributed by atoms with E-state index in [4.69, 9.17) is 0 Å². The van der Waals surface area contributed by atoms with E-state index in [0.717, 1.165) is 17.2 Å². The molecule has 0 radical (unpaired) electrons. The highest BCUT2D eigenvalue weighted by Crippen LogP contribution is 2.31. The van der Waals surface area contributed by atoms with Gasteiger partial charge < -0.3 is 14.6 Å². The van der Waals surface area contributed by atoms with E-state index < -0.39 is 0 Å². The molecule has 0 unspecified atom stereocenters. The standard InChI is InChI=1S/C18H23N5O2/c1-12-4-3-5-13(8-12)18(25)22-6-7-23-16(11-22)19-20-17(23)15-9-14(24)10-21(15)2/h3-5,8,14-15,24H,6-7,9-11H2,1-2H3/t14-,15+/m1/s1. The average Bonchev–Trinajstić information content (AvgIpc) is 3.15. The van der Waals surface area contributed by atoms with Gasteiger partial charge in [0.25, 0.3) is 5.91 Å². The van der Waals surface area contributed by atoms with Crippen molar-refractivity contribution < 1.29 is 9.90 Å². The molecule has 4 rings (SSSR count). The number of nitrogens with zero attached hydrogens (tertiary/aromatic N) is 5. The number of aromatic nitrogens is 3. The van der Waals surface area contributed by atoms with Gasteiger partial charge in [0.05, 0.1) is 18.7 Å². The summed E-state index contributed by atoms with van der Waals surface area (Å²) in [4.78, 5) is 16.7. The van der Waals surface area contributed by atoms with Crippen molar-refractivity contribution in [2.75, 3.05) is 20.1 Å². The molecule has 25 heavy (non-hydrogen) atoms. The van der Waals surface area contributed by atoms with E-state index in [0.29, 0.717) is 38.2 Å². The van der Waals surface area contributed by atoms with Crippen LogP contribution >= 0.6 is 0 Å². The van der Waals surface area contributed by atoms with Gasteiger partial charge in [0, 0.05) is 25.2 Å². The van der Waals surface area contributed by atoms with Gasteiger partial charge in [-0.05, 0) is 32.5 Å². The third-order valence-corrected chi connectivity index (χ3v) is 5.16. The highest BCUT2D eigenvalue weighted by atomic mass is 16.3. The number of aliphatic hydroxyl groups excluding tert-OH is 1. The van der Waals surface area contributed by atoms with Gasteiger partial charge in [0.15, 0.2) is 11.6 Å². The minimum atomic E-state index is -0.314. The normalized spacial score (nSPS) is 23.7. The molecule has 7 heteroatoms. The number of aliphatic hydroxyl groups is 1. The van der Waals surface area contributed by atoms with Crippen molar-refractivity contribution in [3.63, 3.8) is 0 Å². The number of β-amino-alcohol motifs (C(OH)–C–C–N with tert-alkyl or cyclic N) is 1. The summed E-state index contributed by atoms with van der Waals surface area (Å²) in [5.41, 5.74) is 1.79. The molecule has 1 saturated heterocycles. The summed E-state index contributed by atoms with van der Waals surface area (Å²) in [5, 5.41) is 18.6. The first-order chi connectivity index (χ1) is 12.0. The predicted molar refractivity (Wildman–Crippen MR) is 91.9 cm³/mol. The van der Waals surface area contributed by atoms with Crippen molar-refractivity contribution in [3.05, 3.63) is 47.0 Å². The maximum absolute atomic E-state index is 12.7. The number of hydrogen-bond donors (Lipinski definition) is 1. The molecule has 3 heterocycles. The Balaban J connectivity index is 1.54. The van der Waals surface area contributed by atoms with Crippen molar-refractivity contribution in [1.29, 1.82) is 0 Å². The van der Waals surface area contributed by atoms with E-state index >= 15 is 0 Å². The number of carbonyl (C=O) groups is 1. The molecule has 2 aliphatic rings. The SMILES string of the molecule is Cc1cccc(C(=O)N2CCn3c(nnc3[C@@H]3C[C@@H](O)CN3C)C2)c1. The number of likely N-dealkylation sites (tertiary alicyclic amines) is 1. The van der Waals surface area contributed by atoms with Gasteiger partial charge in [-0.25, -0.2) is 0 Å². The number of hydrogen-bond acceptors (Lipinski definition) is 5. The van der Waals surface area contributed by atoms with Crippen LogP contribution in [0, 0.1) is 6.92 Å². The Morgan fingerprint density at radius 2 is 2.12 bits per heavy atom. The smallest absolute Gasteiger partial charge is 0.254 e. The Morgan fingerprint density at radius 1 is 1.28 bits per heavy atom. The fourth-order valence-corrected chi connectivity index (χ4v) is 3.84. The van der Waals surface area contributed by atoms with Gasteiger partial charge in [-0.3, -0.25) is 9.69 Å². The molecule has 1 aromatic heterocycles. The Labute approximate surface area is 146 Å². The van der Waals surface area contributed by atoms with E-state index in [-0.39, 0.29) is 18.1 Å². The number of carbonyl (C=O) groups excluding carboxylic acids is 1. The summed E-state index contributed by atoms with van der Waals surface area (Å²) in [5.74, 6) is 1.75. The Bertz CT molecular complexity index is 803. The number of amides is 1. The number of benzene rings is 1. The van der Waals surface area contributed by atoms with Crippen molar-refractivity contribution in [2.45, 2.75) is 38.6 Å². The van der Waals surface area contributed by atoms with Crippen LogP contribution in [-0.2, 0) is 13.1 Å². The number of rotatable bonds is 2. The summed E-state index contributed by atoms with van der Waals surface area (Å²) in [6, 6.07) is 7.77. The first-order valence-corrected chi connectivity index (χ1v) is 8.69. The fraction of sp³-hybridized carbons (Fsp3) is 0.500. The zero-order valence-corrected chi connectivity index (χ0v) is 14.6. The highest BCUT2D eigenvalue weighted by Gasteiger charge is 2.35. The lowest BCUT2D eigenvalue weighted by Crippen LogP contribution is -2.39. The van der Waals surface area contributed by atoms with Gasteiger partial charge in [-0.2, -0.15) is 0 Å². The summed E-state index contributed by atoms with van der Waals surface area (Å²) in [6.45, 7) is 4.45. The van der Waals surface area contributed by atoms with E-state index in [1.807, 2.05) is 43.1 Å². The molecule has 2 atom stereocenters. The van der Waals surface area contributed by atoms with E-state index in [1.165, 1.54) is 0 Å². The van der Waals surface area contributed by atoms with Crippen LogP contribution in [0.3, 0.4) is 0 Å². The maximum Gasteiger partial charge on any atom is 0.254 e. The fourth-order valence-electron chi connectivity index (χ4n) is 3.84. The van der Waals surface area contributed by atoms with E-state index in [1.54, 1.807) is 0 Å². The molecule has 1 N–H and O–H groups in total. The highest BCUT2D eigenvalue weighted by molar-refractivity contribution is 5.94. The molecule has 2 aliphatic heterocycles. The van der Waals surface area contributed by atoms with E-state index in [9.17, 15) is 9.90 Å². The van der Waals surface area contributed by atoms with Crippen molar-refractivity contribution in [3.8, 4) is 0 Å². The van der Waals surface area contributed by atoms with Gasteiger partial charge in [0.2, 0.25) is 0 Å². The van der Waals surface area contributed by atoms with Crippen molar-refractivity contribution >= 4 is 5.91 Å². The molecular formula is C18H23N5O2. The largest absolute Gasteiger partial charge is 0.392 e. The zero-order valence-electron chi connectivity index (χ0n) is 14.6. The predicted octanol–water partition coefficient (Wildman–Crippen LogP) is 0.980. The van der Waals surface area contributed by atoms with Gasteiger partial charge in [-0.1, -0.05) is 17.7 Å².